The lowest BCUT2D eigenvalue weighted by atomic mass is 9.84. The van der Waals surface area contributed by atoms with Crippen molar-refractivity contribution in [1.29, 1.82) is 0 Å². The maximum atomic E-state index is 14.6. The lowest BCUT2D eigenvalue weighted by molar-refractivity contribution is -0.200. The number of hydrogen-bond donors (Lipinski definition) is 2. The Kier molecular flexibility index (Phi) is 24.5. The maximum Gasteiger partial charge on any atom is 0.269 e. The predicted molar refractivity (Wildman–Crippen MR) is 265 cm³/mol. The van der Waals surface area contributed by atoms with Crippen LogP contribution in [0.15, 0.2) is 30.3 Å². The number of ketones is 1. The second kappa shape index (κ2) is 28.6. The lowest BCUT2D eigenvalue weighted by Crippen LogP contribution is -2.59. The van der Waals surface area contributed by atoms with E-state index in [1.165, 1.54) is 5.06 Å². The number of likely N-dealkylation sites (N-methyl/N-ethyl adjacent to an activating group) is 2. The van der Waals surface area contributed by atoms with Gasteiger partial charge in [0.15, 0.2) is 0 Å². The van der Waals surface area contributed by atoms with Crippen molar-refractivity contribution in [3.8, 4) is 0 Å². The van der Waals surface area contributed by atoms with E-state index >= 15 is 0 Å². The van der Waals surface area contributed by atoms with E-state index < -0.39 is 30.1 Å². The first kappa shape index (κ1) is 57.4. The summed E-state index contributed by atoms with van der Waals surface area (Å²) in [5.74, 6) is -2.11. The first-order chi connectivity index (χ1) is 31.8. The SMILES string of the molecule is CCCC(=O)CCCCCN(C)[C@H](C(=O)N[C@H](C(=O)N(C)[C@H]([C@H](C)CC(=O)N1CCC[C@H]1[C@H](OC)[C@@H](C)C(=O)N[C@H](C(=O)N1CCCCO1)[C@@H](C)c1ccccc1)[C@@H](C)CC)C(C)C)C(C)C. The number of unbranched alkanes of at least 4 members (excludes halogenated alkanes) is 2. The van der Waals surface area contributed by atoms with Crippen molar-refractivity contribution in [2.45, 2.75) is 189 Å². The summed E-state index contributed by atoms with van der Waals surface area (Å²) < 4.78 is 6.07. The standard InChI is InChI=1S/C53H90N6O8/c1-14-25-42(60)28-20-17-21-30-56(11)47(36(5)6)51(63)54-45(35(3)4)52(64)57(12)48(37(7)15-2)38(8)34-44(61)58-31-24-29-43(58)49(66-13)40(10)50(62)55-46(39(9)41-26-18-16-19-27-41)53(65)59-32-22-23-33-67-59/h16,18-19,26-27,35-40,43,45-49H,14-15,17,20-25,28-34H2,1-13H3,(H,54,63)(H,55,62)/t37-,38+,39-,40+,43-,45-,46-,47-,48-,49+/m0/s1. The van der Waals surface area contributed by atoms with E-state index in [1.54, 1.807) is 26.0 Å². The molecular formula is C53H90N6O8. The molecule has 1 aromatic rings. The first-order valence-corrected chi connectivity index (χ1v) is 25.7. The fraction of sp³-hybridized carbons (Fsp3) is 0.774. The van der Waals surface area contributed by atoms with Crippen LogP contribution < -0.4 is 10.6 Å². The quantitative estimate of drug-likeness (QED) is 0.0818. The van der Waals surface area contributed by atoms with E-state index in [9.17, 15) is 28.8 Å². The van der Waals surface area contributed by atoms with Gasteiger partial charge in [-0.25, -0.2) is 5.06 Å². The first-order valence-electron chi connectivity index (χ1n) is 25.7. The lowest BCUT2D eigenvalue weighted by Gasteiger charge is -2.41. The minimum absolute atomic E-state index is 0.00385. The summed E-state index contributed by atoms with van der Waals surface area (Å²) in [5.41, 5.74) is 0.919. The number of ether oxygens (including phenoxy) is 1. The van der Waals surface area contributed by atoms with E-state index in [-0.39, 0.29) is 77.6 Å². The van der Waals surface area contributed by atoms with E-state index in [1.807, 2.05) is 90.7 Å². The van der Waals surface area contributed by atoms with Gasteiger partial charge in [0, 0.05) is 58.5 Å². The third-order valence-corrected chi connectivity index (χ3v) is 14.5. The van der Waals surface area contributed by atoms with Crippen molar-refractivity contribution < 1.29 is 38.3 Å². The number of likely N-dealkylation sites (tertiary alicyclic amines) is 1. The average Bonchev–Trinajstić information content (AvgIpc) is 3.79. The smallest absolute Gasteiger partial charge is 0.269 e. The molecule has 0 aromatic heterocycles. The van der Waals surface area contributed by atoms with Crippen molar-refractivity contribution in [2.75, 3.05) is 47.4 Å². The molecule has 10 atom stereocenters. The second-order valence-electron chi connectivity index (χ2n) is 20.5. The van der Waals surface area contributed by atoms with Gasteiger partial charge in [-0.2, -0.15) is 0 Å². The zero-order valence-electron chi connectivity index (χ0n) is 43.7. The molecule has 2 aliphatic rings. The van der Waals surface area contributed by atoms with Crippen LogP contribution in [0.5, 0.6) is 0 Å². The molecule has 2 saturated heterocycles. The largest absolute Gasteiger partial charge is 0.378 e. The Morgan fingerprint density at radius 1 is 0.791 bits per heavy atom. The van der Waals surface area contributed by atoms with Crippen LogP contribution in [0.3, 0.4) is 0 Å². The Labute approximate surface area is 404 Å². The molecule has 0 radical (unpaired) electrons. The monoisotopic (exact) mass is 939 g/mol. The minimum Gasteiger partial charge on any atom is -0.378 e. The van der Waals surface area contributed by atoms with Crippen molar-refractivity contribution in [3.05, 3.63) is 35.9 Å². The van der Waals surface area contributed by atoms with Crippen molar-refractivity contribution in [2.24, 2.45) is 29.6 Å². The second-order valence-corrected chi connectivity index (χ2v) is 20.5. The normalized spacial score (nSPS) is 19.6. The summed E-state index contributed by atoms with van der Waals surface area (Å²) in [6.45, 7) is 22.0. The molecule has 2 fully saturated rings. The van der Waals surface area contributed by atoms with Gasteiger partial charge in [0.2, 0.25) is 23.6 Å². The van der Waals surface area contributed by atoms with Crippen LogP contribution in [0.25, 0.3) is 0 Å². The van der Waals surface area contributed by atoms with Crippen LogP contribution in [-0.4, -0.2) is 139 Å². The molecule has 14 heteroatoms. The number of carbonyl (C=O) groups is 6. The molecule has 2 N–H and O–H groups in total. The number of hydrogen-bond acceptors (Lipinski definition) is 9. The molecular weight excluding hydrogens is 849 g/mol. The Morgan fingerprint density at radius 2 is 1.46 bits per heavy atom. The number of Topliss-reactive ketones (excluding diaryl/α,β-unsaturated/α-hetero) is 1. The van der Waals surface area contributed by atoms with Crippen molar-refractivity contribution in [1.82, 2.24) is 30.4 Å². The molecule has 0 bridgehead atoms. The third kappa shape index (κ3) is 16.4. The highest BCUT2D eigenvalue weighted by atomic mass is 16.7. The molecule has 3 rings (SSSR count). The summed E-state index contributed by atoms with van der Waals surface area (Å²) in [6, 6.07) is 6.94. The average molecular weight is 939 g/mol. The summed E-state index contributed by atoms with van der Waals surface area (Å²) in [5, 5.41) is 7.62. The molecule has 1 aromatic carbocycles. The molecule has 0 saturated carbocycles. The Balaban J connectivity index is 1.74. The van der Waals surface area contributed by atoms with Gasteiger partial charge >= 0.3 is 0 Å². The molecule has 14 nitrogen and oxygen atoms in total. The van der Waals surface area contributed by atoms with Gasteiger partial charge in [-0.05, 0) is 87.8 Å². The van der Waals surface area contributed by atoms with Crippen LogP contribution in [0.4, 0.5) is 0 Å². The van der Waals surface area contributed by atoms with Gasteiger partial charge < -0.3 is 25.2 Å². The van der Waals surface area contributed by atoms with Crippen LogP contribution >= 0.6 is 0 Å². The third-order valence-electron chi connectivity index (χ3n) is 14.5. The molecule has 2 heterocycles. The molecule has 2 aliphatic heterocycles. The minimum atomic E-state index is -0.872. The van der Waals surface area contributed by atoms with Gasteiger partial charge in [0.1, 0.15) is 17.9 Å². The fourth-order valence-electron chi connectivity index (χ4n) is 10.5. The molecule has 0 spiro atoms. The van der Waals surface area contributed by atoms with Gasteiger partial charge in [-0.1, -0.05) is 112 Å². The highest BCUT2D eigenvalue weighted by molar-refractivity contribution is 5.91. The maximum absolute atomic E-state index is 14.6. The highest BCUT2D eigenvalue weighted by Crippen LogP contribution is 2.32. The van der Waals surface area contributed by atoms with E-state index in [0.717, 1.165) is 56.9 Å². The Morgan fingerprint density at radius 3 is 2.04 bits per heavy atom. The van der Waals surface area contributed by atoms with Crippen molar-refractivity contribution in [3.63, 3.8) is 0 Å². The summed E-state index contributed by atoms with van der Waals surface area (Å²) >= 11 is 0. The van der Waals surface area contributed by atoms with E-state index in [2.05, 4.69) is 29.4 Å². The molecule has 380 valence electrons. The summed E-state index contributed by atoms with van der Waals surface area (Å²) in [7, 11) is 5.32. The number of amides is 5. The molecule has 5 amide bonds. The number of benzene rings is 1. The Bertz CT molecular complexity index is 1700. The number of nitrogens with zero attached hydrogens (tertiary/aromatic N) is 4. The number of nitrogens with one attached hydrogen (secondary N) is 2. The summed E-state index contributed by atoms with van der Waals surface area (Å²) in [4.78, 5) is 94.7. The Hall–Kier alpha value is -3.88. The topological polar surface area (TPSA) is 158 Å². The van der Waals surface area contributed by atoms with Gasteiger partial charge in [-0.15, -0.1) is 0 Å². The van der Waals surface area contributed by atoms with E-state index in [0.29, 0.717) is 51.3 Å². The van der Waals surface area contributed by atoms with Crippen LogP contribution in [0.2, 0.25) is 0 Å². The van der Waals surface area contributed by atoms with Gasteiger partial charge in [0.25, 0.3) is 5.91 Å². The van der Waals surface area contributed by atoms with Crippen LogP contribution in [0, 0.1) is 29.6 Å². The zero-order chi connectivity index (χ0) is 50.0. The highest BCUT2D eigenvalue weighted by Gasteiger charge is 2.43. The zero-order valence-corrected chi connectivity index (χ0v) is 43.7. The molecule has 0 unspecified atom stereocenters. The fourth-order valence-corrected chi connectivity index (χ4v) is 10.5. The number of carbonyl (C=O) groups excluding carboxylic acids is 6. The number of methoxy groups -OCH3 is 1. The predicted octanol–water partition coefficient (Wildman–Crippen LogP) is 7.40. The number of rotatable bonds is 28. The number of hydroxylamine groups is 2. The van der Waals surface area contributed by atoms with Gasteiger partial charge in [0.05, 0.1) is 30.7 Å². The van der Waals surface area contributed by atoms with Crippen LogP contribution in [-0.2, 0) is 38.3 Å². The summed E-state index contributed by atoms with van der Waals surface area (Å²) in [6.07, 6.45) is 8.20. The van der Waals surface area contributed by atoms with Crippen molar-refractivity contribution >= 4 is 35.3 Å². The van der Waals surface area contributed by atoms with Crippen LogP contribution in [0.1, 0.15) is 158 Å². The van der Waals surface area contributed by atoms with E-state index in [4.69, 9.17) is 9.57 Å². The van der Waals surface area contributed by atoms with Gasteiger partial charge in [-0.3, -0.25) is 38.5 Å². The molecule has 0 aliphatic carbocycles. The molecule has 67 heavy (non-hydrogen) atoms.